The fourth-order valence-electron chi connectivity index (χ4n) is 2.85. The summed E-state index contributed by atoms with van der Waals surface area (Å²) in [5.74, 6) is 2.47. The highest BCUT2D eigenvalue weighted by molar-refractivity contribution is 6.31. The molecule has 96 valence electrons. The number of nitrogen functional groups attached to an aromatic ring is 1. The molecule has 0 radical (unpaired) electrons. The summed E-state index contributed by atoms with van der Waals surface area (Å²) in [6.45, 7) is 2.33. The Hall–Kier alpha value is -1.22. The molecule has 0 unspecified atom stereocenters. The average Bonchev–Trinajstić information content (AvgIpc) is 2.74. The molecule has 1 aliphatic carbocycles. The summed E-state index contributed by atoms with van der Waals surface area (Å²) in [4.78, 5) is 8.05. The van der Waals surface area contributed by atoms with Crippen molar-refractivity contribution in [2.75, 3.05) is 5.73 Å². The van der Waals surface area contributed by atoms with E-state index in [4.69, 9.17) is 17.3 Å². The van der Waals surface area contributed by atoms with E-state index in [0.29, 0.717) is 16.6 Å². The molecule has 0 spiro atoms. The van der Waals surface area contributed by atoms with E-state index in [1.807, 2.05) is 6.07 Å². The number of hydrogen-bond acceptors (Lipinski definition) is 2. The Morgan fingerprint density at radius 3 is 2.72 bits per heavy atom. The maximum Gasteiger partial charge on any atom is 0.112 e. The molecule has 1 aliphatic rings. The molecule has 0 bridgehead atoms. The van der Waals surface area contributed by atoms with Gasteiger partial charge in [0.15, 0.2) is 0 Å². The van der Waals surface area contributed by atoms with E-state index in [2.05, 4.69) is 16.9 Å². The first-order chi connectivity index (χ1) is 8.63. The minimum atomic E-state index is 0.548. The molecule has 1 heterocycles. The predicted molar refractivity (Wildman–Crippen MR) is 75.9 cm³/mol. The molecule has 3 nitrogen and oxygen atoms in total. The Balaban J connectivity index is 1.96. The van der Waals surface area contributed by atoms with Gasteiger partial charge in [0.25, 0.3) is 0 Å². The van der Waals surface area contributed by atoms with Crippen molar-refractivity contribution in [1.29, 1.82) is 0 Å². The van der Waals surface area contributed by atoms with Crippen LogP contribution in [0.5, 0.6) is 0 Å². The number of H-pyrrole nitrogens is 1. The van der Waals surface area contributed by atoms with Crippen LogP contribution in [-0.4, -0.2) is 9.97 Å². The van der Waals surface area contributed by atoms with Crippen molar-refractivity contribution in [1.82, 2.24) is 9.97 Å². The Kier molecular flexibility index (Phi) is 2.94. The largest absolute Gasteiger partial charge is 0.397 e. The van der Waals surface area contributed by atoms with Gasteiger partial charge in [0.05, 0.1) is 11.2 Å². The third-order valence-corrected chi connectivity index (χ3v) is 4.22. The Morgan fingerprint density at radius 2 is 2.00 bits per heavy atom. The highest BCUT2D eigenvalue weighted by Crippen LogP contribution is 2.35. The van der Waals surface area contributed by atoms with E-state index >= 15 is 0 Å². The summed E-state index contributed by atoms with van der Waals surface area (Å²) >= 11 is 6.01. The van der Waals surface area contributed by atoms with Crippen LogP contribution in [0.2, 0.25) is 5.02 Å². The van der Waals surface area contributed by atoms with E-state index in [1.165, 1.54) is 25.7 Å². The van der Waals surface area contributed by atoms with Gasteiger partial charge in [0, 0.05) is 10.9 Å². The number of aromatic amines is 1. The van der Waals surface area contributed by atoms with Crippen LogP contribution in [0.3, 0.4) is 0 Å². The normalized spacial score (nSPS) is 24.6. The fourth-order valence-corrected chi connectivity index (χ4v) is 3.08. The third kappa shape index (κ3) is 2.07. The molecule has 1 saturated carbocycles. The van der Waals surface area contributed by atoms with E-state index < -0.39 is 0 Å². The van der Waals surface area contributed by atoms with Crippen molar-refractivity contribution >= 4 is 28.3 Å². The summed E-state index contributed by atoms with van der Waals surface area (Å²) < 4.78 is 0. The number of nitrogens with one attached hydrogen (secondary N) is 1. The molecule has 2 aromatic rings. The third-order valence-electron chi connectivity index (χ3n) is 4.00. The first-order valence-corrected chi connectivity index (χ1v) is 6.96. The van der Waals surface area contributed by atoms with Gasteiger partial charge in [-0.1, -0.05) is 31.4 Å². The molecular weight excluding hydrogens is 246 g/mol. The molecule has 3 rings (SSSR count). The van der Waals surface area contributed by atoms with Gasteiger partial charge in [-0.25, -0.2) is 4.98 Å². The SMILES string of the molecule is CC1CCC(c2nc3c(N)cc(Cl)cc3[nH]2)CC1. The van der Waals surface area contributed by atoms with Crippen LogP contribution in [0.1, 0.15) is 44.3 Å². The van der Waals surface area contributed by atoms with Gasteiger partial charge in [0.2, 0.25) is 0 Å². The Morgan fingerprint density at radius 1 is 1.28 bits per heavy atom. The van der Waals surface area contributed by atoms with Gasteiger partial charge >= 0.3 is 0 Å². The molecule has 1 fully saturated rings. The predicted octanol–water partition coefficient (Wildman–Crippen LogP) is 4.09. The van der Waals surface area contributed by atoms with Crippen molar-refractivity contribution < 1.29 is 0 Å². The zero-order chi connectivity index (χ0) is 12.7. The molecule has 18 heavy (non-hydrogen) atoms. The van der Waals surface area contributed by atoms with Crippen molar-refractivity contribution in [2.24, 2.45) is 5.92 Å². The highest BCUT2D eigenvalue weighted by atomic mass is 35.5. The molecule has 0 saturated heterocycles. The number of aromatic nitrogens is 2. The summed E-state index contributed by atoms with van der Waals surface area (Å²) in [6, 6.07) is 3.66. The molecule has 0 aliphatic heterocycles. The van der Waals surface area contributed by atoms with Crippen LogP contribution in [0.15, 0.2) is 12.1 Å². The second kappa shape index (κ2) is 4.47. The maximum atomic E-state index is 6.01. The number of benzene rings is 1. The van der Waals surface area contributed by atoms with Crippen LogP contribution >= 0.6 is 11.6 Å². The Bertz CT molecular complexity index is 568. The van der Waals surface area contributed by atoms with Gasteiger partial charge < -0.3 is 10.7 Å². The number of hydrogen-bond donors (Lipinski definition) is 2. The van der Waals surface area contributed by atoms with E-state index in [9.17, 15) is 0 Å². The van der Waals surface area contributed by atoms with Gasteiger partial charge in [-0.2, -0.15) is 0 Å². The molecular formula is C14H18ClN3. The van der Waals surface area contributed by atoms with Gasteiger partial charge in [-0.3, -0.25) is 0 Å². The standard InChI is InChI=1S/C14H18ClN3/c1-8-2-4-9(5-3-8)14-17-12-7-10(15)6-11(16)13(12)18-14/h6-9H,2-5,16H2,1H3,(H,17,18). The van der Waals surface area contributed by atoms with Crippen molar-refractivity contribution in [2.45, 2.75) is 38.5 Å². The van der Waals surface area contributed by atoms with Gasteiger partial charge in [0.1, 0.15) is 11.3 Å². The fraction of sp³-hybridized carbons (Fsp3) is 0.500. The summed E-state index contributed by atoms with van der Waals surface area (Å²) in [5, 5.41) is 0.660. The number of rotatable bonds is 1. The topological polar surface area (TPSA) is 54.7 Å². The van der Waals surface area contributed by atoms with Crippen molar-refractivity contribution in [3.63, 3.8) is 0 Å². The zero-order valence-corrected chi connectivity index (χ0v) is 11.3. The monoisotopic (exact) mass is 263 g/mol. The number of nitrogens with two attached hydrogens (primary N) is 1. The van der Waals surface area contributed by atoms with Crippen molar-refractivity contribution in [3.05, 3.63) is 23.0 Å². The highest BCUT2D eigenvalue weighted by Gasteiger charge is 2.22. The number of nitrogens with zero attached hydrogens (tertiary/aromatic N) is 1. The lowest BCUT2D eigenvalue weighted by molar-refractivity contribution is 0.341. The molecule has 0 atom stereocenters. The number of halogens is 1. The molecule has 1 aromatic carbocycles. The van der Waals surface area contributed by atoms with Gasteiger partial charge in [-0.15, -0.1) is 0 Å². The molecule has 4 heteroatoms. The maximum absolute atomic E-state index is 6.01. The summed E-state index contributed by atoms with van der Waals surface area (Å²) in [6.07, 6.45) is 5.01. The minimum absolute atomic E-state index is 0.548. The van der Waals surface area contributed by atoms with Crippen LogP contribution < -0.4 is 5.73 Å². The Labute approximate surface area is 112 Å². The summed E-state index contributed by atoms with van der Waals surface area (Å²) in [5.41, 5.74) is 8.42. The second-order valence-corrected chi connectivity index (χ2v) is 5.91. The lowest BCUT2D eigenvalue weighted by Gasteiger charge is -2.24. The van der Waals surface area contributed by atoms with Crippen LogP contribution in [0.25, 0.3) is 11.0 Å². The van der Waals surface area contributed by atoms with Crippen LogP contribution in [0, 0.1) is 5.92 Å². The molecule has 1 aromatic heterocycles. The zero-order valence-electron chi connectivity index (χ0n) is 10.5. The van der Waals surface area contributed by atoms with Gasteiger partial charge in [-0.05, 0) is 30.9 Å². The smallest absolute Gasteiger partial charge is 0.112 e. The average molecular weight is 264 g/mol. The first-order valence-electron chi connectivity index (χ1n) is 6.58. The second-order valence-electron chi connectivity index (χ2n) is 5.47. The lowest BCUT2D eigenvalue weighted by Crippen LogP contribution is -2.11. The number of anilines is 1. The summed E-state index contributed by atoms with van der Waals surface area (Å²) in [7, 11) is 0. The van der Waals surface area contributed by atoms with E-state index in [1.54, 1.807) is 6.07 Å². The van der Waals surface area contributed by atoms with E-state index in [0.717, 1.165) is 22.8 Å². The van der Waals surface area contributed by atoms with E-state index in [-0.39, 0.29) is 0 Å². The quantitative estimate of drug-likeness (QED) is 0.762. The number of imidazole rings is 1. The van der Waals surface area contributed by atoms with Crippen molar-refractivity contribution in [3.8, 4) is 0 Å². The lowest BCUT2D eigenvalue weighted by atomic mass is 9.83. The molecule has 3 N–H and O–H groups in total. The minimum Gasteiger partial charge on any atom is -0.397 e. The first kappa shape index (κ1) is 11.8. The van der Waals surface area contributed by atoms with Crippen LogP contribution in [-0.2, 0) is 0 Å². The number of fused-ring (bicyclic) bond motifs is 1. The molecule has 0 amide bonds. The van der Waals surface area contributed by atoms with Crippen LogP contribution in [0.4, 0.5) is 5.69 Å².